The number of fused-ring (bicyclic) bond motifs is 1. The maximum Gasteiger partial charge on any atom is 0.246 e. The number of amides is 3. The average molecular weight is 569 g/mol. The highest BCUT2D eigenvalue weighted by atomic mass is 16.2. The molecule has 0 radical (unpaired) electrons. The summed E-state index contributed by atoms with van der Waals surface area (Å²) in [5, 5.41) is 5.24. The number of hydrogen-bond donors (Lipinski definition) is 2. The molecule has 0 aromatic heterocycles. The van der Waals surface area contributed by atoms with Crippen molar-refractivity contribution >= 4 is 28.5 Å². The third kappa shape index (κ3) is 8.76. The first-order valence-corrected chi connectivity index (χ1v) is 14.8. The molecule has 3 aromatic rings. The molecule has 7 nitrogen and oxygen atoms in total. The number of likely N-dealkylation sites (N-methyl/N-ethyl adjacent to an activating group) is 2. The number of nitrogens with zero attached hydrogens (tertiary/aromatic N) is 2. The number of carbonyl (C=O) groups is 3. The molecule has 1 aliphatic carbocycles. The van der Waals surface area contributed by atoms with Crippen molar-refractivity contribution in [3.8, 4) is 0 Å². The lowest BCUT2D eigenvalue weighted by Crippen LogP contribution is -2.56. The van der Waals surface area contributed by atoms with Crippen molar-refractivity contribution in [3.63, 3.8) is 0 Å². The maximum atomic E-state index is 14.3. The molecule has 0 unspecified atom stereocenters. The summed E-state index contributed by atoms with van der Waals surface area (Å²) in [6.45, 7) is 4.41. The van der Waals surface area contributed by atoms with E-state index in [9.17, 15) is 14.4 Å². The lowest BCUT2D eigenvalue weighted by atomic mass is 9.98. The van der Waals surface area contributed by atoms with Gasteiger partial charge in [-0.05, 0) is 67.0 Å². The van der Waals surface area contributed by atoms with Crippen molar-refractivity contribution in [1.82, 2.24) is 15.1 Å². The average Bonchev–Trinajstić information content (AvgIpc) is 3.81. The van der Waals surface area contributed by atoms with E-state index in [1.807, 2.05) is 80.6 Å². The molecule has 0 spiro atoms. The molecule has 4 rings (SSSR count). The van der Waals surface area contributed by atoms with Crippen LogP contribution in [0.2, 0.25) is 0 Å². The quantitative estimate of drug-likeness (QED) is 0.297. The monoisotopic (exact) mass is 568 g/mol. The SMILES string of the molecule is CN(C(=O)C=CCC(C)(C)N)[C@H](Cc1ccc2ccccc2c1)C(=O)N(C)[C@H](Cc1ccccc1)C(=O)NCC1CC1. The molecular formula is C35H44N4O3. The highest BCUT2D eigenvalue weighted by Crippen LogP contribution is 2.27. The molecule has 0 aliphatic heterocycles. The summed E-state index contributed by atoms with van der Waals surface area (Å²) in [6.07, 6.45) is 6.69. The highest BCUT2D eigenvalue weighted by molar-refractivity contribution is 5.95. The zero-order valence-corrected chi connectivity index (χ0v) is 25.3. The van der Waals surface area contributed by atoms with Crippen molar-refractivity contribution in [2.75, 3.05) is 20.6 Å². The van der Waals surface area contributed by atoms with Gasteiger partial charge in [-0.1, -0.05) is 78.9 Å². The Labute approximate surface area is 249 Å². The van der Waals surface area contributed by atoms with Crippen LogP contribution in [0.1, 0.15) is 44.2 Å². The molecule has 3 N–H and O–H groups in total. The van der Waals surface area contributed by atoms with Gasteiger partial charge in [0.05, 0.1) is 0 Å². The molecule has 7 heteroatoms. The van der Waals surface area contributed by atoms with Crippen molar-refractivity contribution in [1.29, 1.82) is 0 Å². The van der Waals surface area contributed by atoms with Crippen LogP contribution in [-0.4, -0.2) is 65.8 Å². The van der Waals surface area contributed by atoms with Crippen LogP contribution in [-0.2, 0) is 27.2 Å². The topological polar surface area (TPSA) is 95.7 Å². The largest absolute Gasteiger partial charge is 0.354 e. The second-order valence-electron chi connectivity index (χ2n) is 12.3. The molecule has 0 heterocycles. The van der Waals surface area contributed by atoms with Crippen LogP contribution in [0.5, 0.6) is 0 Å². The zero-order valence-electron chi connectivity index (χ0n) is 25.3. The third-order valence-electron chi connectivity index (χ3n) is 7.90. The molecule has 3 amide bonds. The molecule has 2 atom stereocenters. The number of rotatable bonds is 13. The third-order valence-corrected chi connectivity index (χ3v) is 7.90. The summed E-state index contributed by atoms with van der Waals surface area (Å²) in [5.41, 5.74) is 7.54. The predicted octanol–water partition coefficient (Wildman–Crippen LogP) is 4.49. The minimum atomic E-state index is -0.811. The molecule has 42 heavy (non-hydrogen) atoms. The number of hydrogen-bond acceptors (Lipinski definition) is 4. The first-order chi connectivity index (χ1) is 20.0. The van der Waals surface area contributed by atoms with Gasteiger partial charge in [0, 0.05) is 39.0 Å². The molecule has 1 fully saturated rings. The van der Waals surface area contributed by atoms with Gasteiger partial charge in [-0.15, -0.1) is 0 Å². The Bertz CT molecular complexity index is 1410. The molecule has 1 aliphatic rings. The molecule has 0 saturated heterocycles. The first kappa shape index (κ1) is 31.0. The number of nitrogens with one attached hydrogen (secondary N) is 1. The van der Waals surface area contributed by atoms with Gasteiger partial charge in [-0.3, -0.25) is 14.4 Å². The van der Waals surface area contributed by atoms with Gasteiger partial charge in [0.1, 0.15) is 12.1 Å². The van der Waals surface area contributed by atoms with Gasteiger partial charge in [0.15, 0.2) is 0 Å². The highest BCUT2D eigenvalue weighted by Gasteiger charge is 2.35. The summed E-state index contributed by atoms with van der Waals surface area (Å²) >= 11 is 0. The van der Waals surface area contributed by atoms with Gasteiger partial charge < -0.3 is 20.9 Å². The summed E-state index contributed by atoms with van der Waals surface area (Å²) in [4.78, 5) is 44.1. The lowest BCUT2D eigenvalue weighted by molar-refractivity contribution is -0.146. The van der Waals surface area contributed by atoms with Crippen molar-refractivity contribution in [2.24, 2.45) is 11.7 Å². The van der Waals surface area contributed by atoms with Gasteiger partial charge >= 0.3 is 0 Å². The minimum absolute atomic E-state index is 0.176. The van der Waals surface area contributed by atoms with Crippen LogP contribution in [0.3, 0.4) is 0 Å². The molecule has 222 valence electrons. The second-order valence-corrected chi connectivity index (χ2v) is 12.3. The van der Waals surface area contributed by atoms with E-state index in [2.05, 4.69) is 11.4 Å². The van der Waals surface area contributed by atoms with Crippen molar-refractivity contribution in [3.05, 3.63) is 96.1 Å². The van der Waals surface area contributed by atoms with E-state index in [-0.39, 0.29) is 17.7 Å². The van der Waals surface area contributed by atoms with E-state index in [1.165, 1.54) is 15.9 Å². The van der Waals surface area contributed by atoms with E-state index >= 15 is 0 Å². The Balaban J connectivity index is 1.62. The fraction of sp³-hybridized carbons (Fsp3) is 0.400. The van der Waals surface area contributed by atoms with Crippen LogP contribution in [0, 0.1) is 5.92 Å². The molecule has 0 bridgehead atoms. The minimum Gasteiger partial charge on any atom is -0.354 e. The van der Waals surface area contributed by atoms with E-state index in [4.69, 9.17) is 5.73 Å². The van der Waals surface area contributed by atoms with Crippen molar-refractivity contribution in [2.45, 2.75) is 63.6 Å². The molecule has 3 aromatic carbocycles. The van der Waals surface area contributed by atoms with Crippen molar-refractivity contribution < 1.29 is 14.4 Å². The molecule has 1 saturated carbocycles. The van der Waals surface area contributed by atoms with Gasteiger partial charge in [-0.2, -0.15) is 0 Å². The lowest BCUT2D eigenvalue weighted by Gasteiger charge is -2.34. The number of nitrogens with two attached hydrogens (primary N) is 1. The zero-order chi connectivity index (χ0) is 30.3. The van der Waals surface area contributed by atoms with Crippen LogP contribution in [0.25, 0.3) is 10.8 Å². The molecular weight excluding hydrogens is 524 g/mol. The van der Waals surface area contributed by atoms with E-state index in [0.29, 0.717) is 31.7 Å². The van der Waals surface area contributed by atoms with E-state index in [0.717, 1.165) is 34.7 Å². The Morgan fingerprint density at radius 2 is 1.52 bits per heavy atom. The van der Waals surface area contributed by atoms with Crippen LogP contribution in [0.4, 0.5) is 0 Å². The van der Waals surface area contributed by atoms with Gasteiger partial charge in [-0.25, -0.2) is 0 Å². The second kappa shape index (κ2) is 13.8. The summed E-state index contributed by atoms with van der Waals surface area (Å²) in [7, 11) is 3.32. The van der Waals surface area contributed by atoms with Crippen LogP contribution < -0.4 is 11.1 Å². The van der Waals surface area contributed by atoms with E-state index in [1.54, 1.807) is 20.2 Å². The van der Waals surface area contributed by atoms with Gasteiger partial charge in [0.25, 0.3) is 0 Å². The predicted molar refractivity (Wildman–Crippen MR) is 169 cm³/mol. The Morgan fingerprint density at radius 3 is 2.19 bits per heavy atom. The van der Waals surface area contributed by atoms with Gasteiger partial charge in [0.2, 0.25) is 17.7 Å². The Morgan fingerprint density at radius 1 is 0.881 bits per heavy atom. The maximum absolute atomic E-state index is 14.3. The Hall–Kier alpha value is -3.97. The van der Waals surface area contributed by atoms with Crippen LogP contribution >= 0.6 is 0 Å². The Kier molecular flexibility index (Phi) is 10.2. The normalized spacial score (nSPS) is 14.9. The van der Waals surface area contributed by atoms with Crippen LogP contribution in [0.15, 0.2) is 84.9 Å². The standard InChI is InChI=1S/C35H44N4O3/c1-35(2,36)20-10-15-32(40)38(3)31(23-27-18-19-28-13-8-9-14-29(28)21-27)34(42)39(4)30(22-25-11-6-5-7-12-25)33(41)37-24-26-16-17-26/h5-15,18-19,21,26,30-31H,16-17,20,22-24,36H2,1-4H3,(H,37,41)/t30-,31-/m1/s1. The first-order valence-electron chi connectivity index (χ1n) is 14.8. The fourth-order valence-electron chi connectivity index (χ4n) is 5.03. The fourth-order valence-corrected chi connectivity index (χ4v) is 5.03. The number of carbonyl (C=O) groups excluding carboxylic acids is 3. The summed E-state index contributed by atoms with van der Waals surface area (Å²) in [5.74, 6) is -0.231. The summed E-state index contributed by atoms with van der Waals surface area (Å²) < 4.78 is 0. The van der Waals surface area contributed by atoms with E-state index < -0.39 is 17.6 Å². The smallest absolute Gasteiger partial charge is 0.246 e. The summed E-state index contributed by atoms with van der Waals surface area (Å²) in [6, 6.07) is 22.3. The number of benzene rings is 3.